The molecule has 0 aliphatic heterocycles. The zero-order valence-corrected chi connectivity index (χ0v) is 22.4. The number of ether oxygens (including phenoxy) is 1. The standard InChI is InChI=1S/C30H21N2OP.Pt/c1-20-15-16-31-30(17-20)34-27-11-4-3-10-25(27)26-14-13-23(19-28(26)34)22-8-6-9-24(18-22)33-29-12-5-7-21(2)32-29;/h3-17H,1-2H3;/q-2;+2. The Morgan fingerprint density at radius 2 is 1.60 bits per heavy atom. The Balaban J connectivity index is 0.00000253. The first-order chi connectivity index (χ1) is 16.7. The van der Waals surface area contributed by atoms with Gasteiger partial charge in [-0.3, -0.25) is 4.98 Å². The smallest absolute Gasteiger partial charge is 0.460 e. The maximum atomic E-state index is 5.98. The van der Waals surface area contributed by atoms with E-state index in [2.05, 4.69) is 66.5 Å². The minimum absolute atomic E-state index is 0. The van der Waals surface area contributed by atoms with E-state index >= 15 is 0 Å². The normalized spacial score (nSPS) is 11.4. The largest absolute Gasteiger partial charge is 2.00 e. The van der Waals surface area contributed by atoms with E-state index in [1.807, 2.05) is 55.6 Å². The van der Waals surface area contributed by atoms with Gasteiger partial charge in [0.2, 0.25) is 5.88 Å². The zero-order chi connectivity index (χ0) is 23.1. The quantitative estimate of drug-likeness (QED) is 0.180. The maximum absolute atomic E-state index is 5.98. The van der Waals surface area contributed by atoms with Crippen LogP contribution in [0.15, 0.2) is 91.1 Å². The van der Waals surface area contributed by atoms with Crippen molar-refractivity contribution in [3.8, 4) is 28.2 Å². The van der Waals surface area contributed by atoms with Crippen LogP contribution < -0.4 is 4.74 Å². The van der Waals surface area contributed by atoms with Crippen LogP contribution in [0, 0.1) is 26.0 Å². The van der Waals surface area contributed by atoms with Gasteiger partial charge < -0.3 is 4.74 Å². The van der Waals surface area contributed by atoms with Gasteiger partial charge in [0.25, 0.3) is 0 Å². The molecule has 0 bridgehead atoms. The molecule has 35 heavy (non-hydrogen) atoms. The van der Waals surface area contributed by atoms with Crippen molar-refractivity contribution in [2.24, 2.45) is 0 Å². The van der Waals surface area contributed by atoms with Crippen LogP contribution in [-0.4, -0.2) is 9.97 Å². The van der Waals surface area contributed by atoms with Crippen molar-refractivity contribution in [3.05, 3.63) is 115 Å². The van der Waals surface area contributed by atoms with Crippen LogP contribution in [0.25, 0.3) is 37.6 Å². The van der Waals surface area contributed by atoms with Crippen LogP contribution in [0.5, 0.6) is 11.6 Å². The molecule has 0 aliphatic carbocycles. The molecular weight excluding hydrogens is 630 g/mol. The second kappa shape index (κ2) is 9.78. The fourth-order valence-electron chi connectivity index (χ4n) is 4.28. The van der Waals surface area contributed by atoms with E-state index in [0.717, 1.165) is 22.3 Å². The van der Waals surface area contributed by atoms with Gasteiger partial charge in [-0.05, 0) is 48.1 Å². The van der Waals surface area contributed by atoms with E-state index < -0.39 is 7.53 Å². The summed E-state index contributed by atoms with van der Waals surface area (Å²) in [4.78, 5) is 9.20. The summed E-state index contributed by atoms with van der Waals surface area (Å²) in [6.45, 7) is 4.07. The molecule has 1 unspecified atom stereocenters. The van der Waals surface area contributed by atoms with Crippen LogP contribution in [0.4, 0.5) is 0 Å². The van der Waals surface area contributed by atoms with Crippen LogP contribution >= 0.6 is 7.53 Å². The molecule has 0 amide bonds. The zero-order valence-electron chi connectivity index (χ0n) is 19.2. The summed E-state index contributed by atoms with van der Waals surface area (Å²) >= 11 is 0. The molecule has 0 N–H and O–H groups in total. The Morgan fingerprint density at radius 3 is 2.46 bits per heavy atom. The molecule has 6 rings (SSSR count). The summed E-state index contributed by atoms with van der Waals surface area (Å²) in [5, 5.41) is 5.07. The average Bonchev–Trinajstić information content (AvgIpc) is 3.18. The molecule has 0 aliphatic rings. The van der Waals surface area contributed by atoms with Crippen molar-refractivity contribution in [2.75, 3.05) is 0 Å². The third-order valence-electron chi connectivity index (χ3n) is 5.85. The van der Waals surface area contributed by atoms with E-state index in [-0.39, 0.29) is 21.1 Å². The SMILES string of the molecule is Cc1ccnc(-p2c3[c-]c(-c4[c-]c(Oc5cccc(C)n5)ccc4)ccc3c3ccccc32)c1.[Pt+2]. The Morgan fingerprint density at radius 1 is 0.771 bits per heavy atom. The molecule has 6 aromatic rings. The van der Waals surface area contributed by atoms with Crippen molar-refractivity contribution in [1.82, 2.24) is 9.97 Å². The summed E-state index contributed by atoms with van der Waals surface area (Å²) in [6, 6.07) is 36.1. The second-order valence-electron chi connectivity index (χ2n) is 8.33. The monoisotopic (exact) mass is 651 g/mol. The maximum Gasteiger partial charge on any atom is 2.00 e. The first-order valence-electron chi connectivity index (χ1n) is 11.2. The number of rotatable bonds is 4. The number of benzene rings is 3. The average molecular weight is 652 g/mol. The molecular formula is C30H21N2OPPt. The van der Waals surface area contributed by atoms with E-state index in [0.29, 0.717) is 11.6 Å². The fourth-order valence-corrected chi connectivity index (χ4v) is 6.85. The van der Waals surface area contributed by atoms with Crippen molar-refractivity contribution < 1.29 is 25.8 Å². The van der Waals surface area contributed by atoms with Crippen molar-refractivity contribution in [2.45, 2.75) is 13.8 Å². The molecule has 0 radical (unpaired) electrons. The van der Waals surface area contributed by atoms with Gasteiger partial charge in [-0.15, -0.1) is 18.2 Å². The summed E-state index contributed by atoms with van der Waals surface area (Å²) in [5.74, 6) is 1.20. The van der Waals surface area contributed by atoms with Gasteiger partial charge in [-0.2, -0.15) is 24.3 Å². The Bertz CT molecular complexity index is 1670. The third kappa shape index (κ3) is 4.55. The number of fused-ring (bicyclic) bond motifs is 3. The molecule has 3 aromatic heterocycles. The summed E-state index contributed by atoms with van der Waals surface area (Å²) in [7, 11) is -0.768. The van der Waals surface area contributed by atoms with Crippen molar-refractivity contribution >= 4 is 28.5 Å². The fraction of sp³-hybridized carbons (Fsp3) is 0.0667. The first kappa shape index (κ1) is 23.5. The van der Waals surface area contributed by atoms with Crippen LogP contribution in [-0.2, 0) is 21.1 Å². The number of aryl methyl sites for hydroxylation is 2. The Kier molecular flexibility index (Phi) is 6.56. The van der Waals surface area contributed by atoms with Crippen molar-refractivity contribution in [1.29, 1.82) is 0 Å². The minimum Gasteiger partial charge on any atom is -0.460 e. The molecule has 0 fully saturated rings. The van der Waals surface area contributed by atoms with Crippen LogP contribution in [0.3, 0.4) is 0 Å². The Labute approximate surface area is 220 Å². The van der Waals surface area contributed by atoms with E-state index in [1.54, 1.807) is 0 Å². The van der Waals surface area contributed by atoms with E-state index in [4.69, 9.17) is 9.72 Å². The summed E-state index contributed by atoms with van der Waals surface area (Å²) in [6.07, 6.45) is 1.91. The van der Waals surface area contributed by atoms with Crippen LogP contribution in [0.1, 0.15) is 11.3 Å². The molecule has 5 heteroatoms. The van der Waals surface area contributed by atoms with Gasteiger partial charge in [-0.1, -0.05) is 48.4 Å². The van der Waals surface area contributed by atoms with E-state index in [1.165, 1.54) is 26.6 Å². The molecule has 3 heterocycles. The number of pyridine rings is 2. The Hall–Kier alpha value is -3.25. The van der Waals surface area contributed by atoms with Gasteiger partial charge in [-0.25, -0.2) is 16.1 Å². The second-order valence-corrected chi connectivity index (χ2v) is 10.4. The molecule has 1 atom stereocenters. The number of hydrogen-bond donors (Lipinski definition) is 0. The number of nitrogens with zero attached hydrogens (tertiary/aromatic N) is 2. The summed E-state index contributed by atoms with van der Waals surface area (Å²) < 4.78 is 5.98. The molecule has 3 aromatic carbocycles. The van der Waals surface area contributed by atoms with Gasteiger partial charge in [0.15, 0.2) is 0 Å². The predicted octanol–water partition coefficient (Wildman–Crippen LogP) is 8.43. The summed E-state index contributed by atoms with van der Waals surface area (Å²) in [5.41, 5.74) is 5.18. The molecule has 0 saturated heterocycles. The first-order valence-corrected chi connectivity index (χ1v) is 12.5. The van der Waals surface area contributed by atoms with Gasteiger partial charge in [0.05, 0.1) is 5.44 Å². The number of aromatic nitrogens is 2. The molecule has 0 spiro atoms. The third-order valence-corrected chi connectivity index (χ3v) is 8.22. The minimum atomic E-state index is -0.768. The predicted molar refractivity (Wildman–Crippen MR) is 140 cm³/mol. The van der Waals surface area contributed by atoms with Gasteiger partial charge in [0, 0.05) is 23.7 Å². The molecule has 172 valence electrons. The topological polar surface area (TPSA) is 35.0 Å². The molecule has 0 saturated carbocycles. The van der Waals surface area contributed by atoms with E-state index in [9.17, 15) is 0 Å². The molecule has 3 nitrogen and oxygen atoms in total. The number of hydrogen-bond acceptors (Lipinski definition) is 3. The van der Waals surface area contributed by atoms with Crippen molar-refractivity contribution in [3.63, 3.8) is 0 Å². The van der Waals surface area contributed by atoms with Gasteiger partial charge in [0.1, 0.15) is 0 Å². The van der Waals surface area contributed by atoms with Gasteiger partial charge >= 0.3 is 21.1 Å². The van der Waals surface area contributed by atoms with Crippen LogP contribution in [0.2, 0.25) is 0 Å².